The topological polar surface area (TPSA) is 33.1 Å². The van der Waals surface area contributed by atoms with Crippen LogP contribution in [0, 0.1) is 6.92 Å². The molecule has 1 aromatic heterocycles. The van der Waals surface area contributed by atoms with E-state index in [1.54, 1.807) is 0 Å². The molecule has 1 heterocycles. The van der Waals surface area contributed by atoms with Crippen LogP contribution in [0.1, 0.15) is 31.5 Å². The van der Waals surface area contributed by atoms with Gasteiger partial charge in [0.05, 0.1) is 11.1 Å². The van der Waals surface area contributed by atoms with Crippen LogP contribution in [0.15, 0.2) is 30.3 Å². The Bertz CT molecular complexity index is 517. The molecule has 84 valence electrons. The normalized spacial score (nSPS) is 15.0. The highest BCUT2D eigenvalue weighted by Crippen LogP contribution is 2.26. The third-order valence-corrected chi connectivity index (χ3v) is 3.14. The van der Waals surface area contributed by atoms with Crippen molar-refractivity contribution in [2.45, 2.75) is 32.8 Å². The Morgan fingerprint density at radius 2 is 2.00 bits per heavy atom. The summed E-state index contributed by atoms with van der Waals surface area (Å²) in [7, 11) is 0. The zero-order valence-electron chi connectivity index (χ0n) is 9.99. The van der Waals surface area contributed by atoms with Crippen molar-refractivity contribution in [2.75, 3.05) is 0 Å². The van der Waals surface area contributed by atoms with E-state index < -0.39 is 5.60 Å². The zero-order valence-corrected chi connectivity index (χ0v) is 9.99. The maximum Gasteiger partial charge on any atom is 0.0866 e. The van der Waals surface area contributed by atoms with E-state index in [2.05, 4.69) is 4.98 Å². The highest BCUT2D eigenvalue weighted by atomic mass is 16.3. The summed E-state index contributed by atoms with van der Waals surface area (Å²) >= 11 is 0. The van der Waals surface area contributed by atoms with Crippen molar-refractivity contribution in [1.29, 1.82) is 0 Å². The minimum Gasteiger partial charge on any atom is -0.385 e. The molecule has 0 aliphatic carbocycles. The third kappa shape index (κ3) is 1.93. The number of rotatable bonds is 2. The molecule has 0 radical (unpaired) electrons. The van der Waals surface area contributed by atoms with Crippen LogP contribution >= 0.6 is 0 Å². The quantitative estimate of drug-likeness (QED) is 0.834. The summed E-state index contributed by atoms with van der Waals surface area (Å²) in [6, 6.07) is 9.99. The maximum atomic E-state index is 10.2. The molecule has 1 N–H and O–H groups in total. The molecule has 0 spiro atoms. The van der Waals surface area contributed by atoms with Gasteiger partial charge in [-0.25, -0.2) is 0 Å². The highest BCUT2D eigenvalue weighted by Gasteiger charge is 2.20. The molecule has 2 aromatic rings. The van der Waals surface area contributed by atoms with Gasteiger partial charge < -0.3 is 5.11 Å². The van der Waals surface area contributed by atoms with E-state index in [1.165, 1.54) is 0 Å². The number of fused-ring (bicyclic) bond motifs is 1. The van der Waals surface area contributed by atoms with Gasteiger partial charge in [-0.15, -0.1) is 0 Å². The van der Waals surface area contributed by atoms with Crippen molar-refractivity contribution in [3.05, 3.63) is 41.6 Å². The summed E-state index contributed by atoms with van der Waals surface area (Å²) in [5.74, 6) is 0. The lowest BCUT2D eigenvalue weighted by atomic mass is 9.92. The standard InChI is InChI=1S/C14H17NO/c1-4-14(3,16)12-7-8-13-11(9-12)6-5-10(2)15-13/h5-9,16H,4H2,1-3H3. The van der Waals surface area contributed by atoms with E-state index in [1.807, 2.05) is 51.1 Å². The summed E-state index contributed by atoms with van der Waals surface area (Å²) in [4.78, 5) is 4.44. The van der Waals surface area contributed by atoms with Gasteiger partial charge in [0.1, 0.15) is 0 Å². The van der Waals surface area contributed by atoms with Crippen molar-refractivity contribution in [3.8, 4) is 0 Å². The van der Waals surface area contributed by atoms with Gasteiger partial charge in [0.2, 0.25) is 0 Å². The lowest BCUT2D eigenvalue weighted by molar-refractivity contribution is 0.0532. The molecule has 0 fully saturated rings. The number of benzene rings is 1. The van der Waals surface area contributed by atoms with Gasteiger partial charge in [-0.2, -0.15) is 0 Å². The number of aliphatic hydroxyl groups is 1. The predicted molar refractivity (Wildman–Crippen MR) is 66.3 cm³/mol. The Balaban J connectivity index is 2.57. The average molecular weight is 215 g/mol. The molecule has 16 heavy (non-hydrogen) atoms. The molecule has 0 saturated heterocycles. The number of aromatic nitrogens is 1. The van der Waals surface area contributed by atoms with Crippen LogP contribution in [0.4, 0.5) is 0 Å². The molecule has 0 amide bonds. The molecular weight excluding hydrogens is 198 g/mol. The average Bonchev–Trinajstić information content (AvgIpc) is 2.28. The fraction of sp³-hybridized carbons (Fsp3) is 0.357. The van der Waals surface area contributed by atoms with Gasteiger partial charge in [-0.1, -0.05) is 19.1 Å². The van der Waals surface area contributed by atoms with E-state index in [9.17, 15) is 5.11 Å². The smallest absolute Gasteiger partial charge is 0.0866 e. The van der Waals surface area contributed by atoms with Crippen LogP contribution in [0.25, 0.3) is 10.9 Å². The summed E-state index contributed by atoms with van der Waals surface area (Å²) in [5, 5.41) is 11.3. The minimum absolute atomic E-state index is 0.706. The number of nitrogens with zero attached hydrogens (tertiary/aromatic N) is 1. The van der Waals surface area contributed by atoms with Crippen LogP contribution < -0.4 is 0 Å². The molecule has 1 unspecified atom stereocenters. The van der Waals surface area contributed by atoms with Crippen molar-refractivity contribution in [3.63, 3.8) is 0 Å². The number of aryl methyl sites for hydroxylation is 1. The Hall–Kier alpha value is -1.41. The summed E-state index contributed by atoms with van der Waals surface area (Å²) in [6.07, 6.45) is 0.706. The van der Waals surface area contributed by atoms with Crippen LogP contribution in [0.2, 0.25) is 0 Å². The van der Waals surface area contributed by atoms with Crippen molar-refractivity contribution in [2.24, 2.45) is 0 Å². The highest BCUT2D eigenvalue weighted by molar-refractivity contribution is 5.79. The largest absolute Gasteiger partial charge is 0.385 e. The van der Waals surface area contributed by atoms with E-state index in [0.29, 0.717) is 6.42 Å². The van der Waals surface area contributed by atoms with Crippen molar-refractivity contribution in [1.82, 2.24) is 4.98 Å². The second-order valence-electron chi connectivity index (χ2n) is 4.49. The fourth-order valence-corrected chi connectivity index (χ4v) is 1.77. The fourth-order valence-electron chi connectivity index (χ4n) is 1.77. The van der Waals surface area contributed by atoms with Gasteiger partial charge >= 0.3 is 0 Å². The second kappa shape index (κ2) is 3.87. The Morgan fingerprint density at radius 3 is 2.69 bits per heavy atom. The SMILES string of the molecule is CCC(C)(O)c1ccc2nc(C)ccc2c1. The first kappa shape index (κ1) is 11.1. The molecule has 0 aliphatic heterocycles. The summed E-state index contributed by atoms with van der Waals surface area (Å²) in [5.41, 5.74) is 2.20. The monoisotopic (exact) mass is 215 g/mol. The lowest BCUT2D eigenvalue weighted by Gasteiger charge is -2.22. The minimum atomic E-state index is -0.751. The Morgan fingerprint density at radius 1 is 1.25 bits per heavy atom. The summed E-state index contributed by atoms with van der Waals surface area (Å²) < 4.78 is 0. The van der Waals surface area contributed by atoms with Gasteiger partial charge in [0.15, 0.2) is 0 Å². The second-order valence-corrected chi connectivity index (χ2v) is 4.49. The van der Waals surface area contributed by atoms with E-state index in [-0.39, 0.29) is 0 Å². The first-order valence-corrected chi connectivity index (χ1v) is 5.63. The first-order valence-electron chi connectivity index (χ1n) is 5.63. The van der Waals surface area contributed by atoms with Crippen LogP contribution in [-0.4, -0.2) is 10.1 Å². The van der Waals surface area contributed by atoms with E-state index in [4.69, 9.17) is 0 Å². The Labute approximate surface area is 96.0 Å². The van der Waals surface area contributed by atoms with Crippen LogP contribution in [0.3, 0.4) is 0 Å². The van der Waals surface area contributed by atoms with E-state index in [0.717, 1.165) is 22.2 Å². The number of pyridine rings is 1. The van der Waals surface area contributed by atoms with Gasteiger partial charge in [0, 0.05) is 11.1 Å². The van der Waals surface area contributed by atoms with Crippen molar-refractivity contribution >= 4 is 10.9 Å². The first-order chi connectivity index (χ1) is 7.53. The summed E-state index contributed by atoms with van der Waals surface area (Å²) in [6.45, 7) is 5.81. The predicted octanol–water partition coefficient (Wildman–Crippen LogP) is 3.16. The molecule has 1 aromatic carbocycles. The van der Waals surface area contributed by atoms with Gasteiger partial charge in [-0.3, -0.25) is 4.98 Å². The number of hydrogen-bond donors (Lipinski definition) is 1. The van der Waals surface area contributed by atoms with Crippen LogP contribution in [0.5, 0.6) is 0 Å². The van der Waals surface area contributed by atoms with Crippen LogP contribution in [-0.2, 0) is 5.60 Å². The van der Waals surface area contributed by atoms with E-state index >= 15 is 0 Å². The molecule has 2 nitrogen and oxygen atoms in total. The molecule has 0 aliphatic rings. The molecule has 2 heteroatoms. The van der Waals surface area contributed by atoms with Gasteiger partial charge in [-0.05, 0) is 44.0 Å². The molecule has 1 atom stereocenters. The maximum absolute atomic E-state index is 10.2. The third-order valence-electron chi connectivity index (χ3n) is 3.14. The van der Waals surface area contributed by atoms with Crippen molar-refractivity contribution < 1.29 is 5.11 Å². The zero-order chi connectivity index (χ0) is 11.8. The molecular formula is C14H17NO. The lowest BCUT2D eigenvalue weighted by Crippen LogP contribution is -2.19. The van der Waals surface area contributed by atoms with Gasteiger partial charge in [0.25, 0.3) is 0 Å². The number of hydrogen-bond acceptors (Lipinski definition) is 2. The molecule has 2 rings (SSSR count). The molecule has 0 saturated carbocycles. The Kier molecular flexibility index (Phi) is 2.68. The molecule has 0 bridgehead atoms.